The Morgan fingerprint density at radius 1 is 1.40 bits per heavy atom. The average molecular weight is 222 g/mol. The van der Waals surface area contributed by atoms with E-state index >= 15 is 0 Å². The van der Waals surface area contributed by atoms with Gasteiger partial charge in [-0.25, -0.2) is 0 Å². The van der Waals surface area contributed by atoms with E-state index in [-0.39, 0.29) is 11.3 Å². The van der Waals surface area contributed by atoms with Gasteiger partial charge in [-0.15, -0.1) is 0 Å². The second kappa shape index (κ2) is 3.75. The van der Waals surface area contributed by atoms with Crippen LogP contribution in [0.1, 0.15) is 45.1 Å². The highest BCUT2D eigenvalue weighted by Gasteiger charge is 2.57. The zero-order valence-corrected chi connectivity index (χ0v) is 10.4. The Morgan fingerprint density at radius 3 is 2.53 bits per heavy atom. The van der Waals surface area contributed by atoms with E-state index in [1.165, 1.54) is 5.56 Å². The fraction of sp³-hybridized carbons (Fsp3) is 0.615. The van der Waals surface area contributed by atoms with E-state index in [1.807, 2.05) is 0 Å². The minimum absolute atomic E-state index is 0.0551. The maximum absolute atomic E-state index is 12.1. The van der Waals surface area contributed by atoms with Crippen LogP contribution in [-0.2, 0) is 4.79 Å². The molecule has 82 valence electrons. The third-order valence-electron chi connectivity index (χ3n) is 4.16. The van der Waals surface area contributed by atoms with Crippen LogP contribution in [0, 0.1) is 11.3 Å². The molecule has 0 aliphatic heterocycles. The number of thiophene rings is 1. The Kier molecular flexibility index (Phi) is 2.72. The molecule has 0 amide bonds. The lowest BCUT2D eigenvalue weighted by atomic mass is 9.49. The van der Waals surface area contributed by atoms with Gasteiger partial charge in [-0.2, -0.15) is 11.3 Å². The minimum atomic E-state index is -0.0551. The lowest BCUT2D eigenvalue weighted by Crippen LogP contribution is -2.54. The maximum atomic E-state index is 12.1. The van der Waals surface area contributed by atoms with Crippen LogP contribution in [0.3, 0.4) is 0 Å². The summed E-state index contributed by atoms with van der Waals surface area (Å²) < 4.78 is 0. The second-order valence-electron chi connectivity index (χ2n) is 4.55. The van der Waals surface area contributed by atoms with Gasteiger partial charge in [-0.1, -0.05) is 20.8 Å². The smallest absolute Gasteiger partial charge is 0.143 e. The van der Waals surface area contributed by atoms with Gasteiger partial charge in [0, 0.05) is 17.3 Å². The molecule has 0 saturated heterocycles. The number of rotatable bonds is 3. The van der Waals surface area contributed by atoms with E-state index in [0.29, 0.717) is 11.7 Å². The predicted octanol–water partition coefficient (Wildman–Crippen LogP) is 3.86. The van der Waals surface area contributed by atoms with Gasteiger partial charge in [0.2, 0.25) is 0 Å². The first-order valence-corrected chi connectivity index (χ1v) is 6.68. The second-order valence-corrected chi connectivity index (χ2v) is 5.33. The topological polar surface area (TPSA) is 17.1 Å². The van der Waals surface area contributed by atoms with Crippen molar-refractivity contribution >= 4 is 17.1 Å². The molecule has 0 radical (unpaired) electrons. The van der Waals surface area contributed by atoms with Crippen LogP contribution in [0.4, 0.5) is 0 Å². The number of carbonyl (C=O) groups excluding carboxylic acids is 1. The highest BCUT2D eigenvalue weighted by Crippen LogP contribution is 2.58. The highest BCUT2D eigenvalue weighted by molar-refractivity contribution is 7.08. The van der Waals surface area contributed by atoms with Gasteiger partial charge >= 0.3 is 0 Å². The highest BCUT2D eigenvalue weighted by atomic mass is 32.1. The van der Waals surface area contributed by atoms with Crippen LogP contribution in [0.25, 0.3) is 0 Å². The average Bonchev–Trinajstić information content (AvgIpc) is 2.77. The molecule has 0 N–H and O–H groups in total. The summed E-state index contributed by atoms with van der Waals surface area (Å²) in [6.07, 6.45) is 1.96. The summed E-state index contributed by atoms with van der Waals surface area (Å²) in [6.45, 7) is 6.37. The quantitative estimate of drug-likeness (QED) is 0.759. The molecule has 1 saturated carbocycles. The third-order valence-corrected chi connectivity index (χ3v) is 4.87. The van der Waals surface area contributed by atoms with E-state index in [2.05, 4.69) is 37.6 Å². The Balaban J connectivity index is 2.35. The van der Waals surface area contributed by atoms with Gasteiger partial charge in [-0.3, -0.25) is 4.79 Å². The third kappa shape index (κ3) is 1.31. The van der Waals surface area contributed by atoms with Crippen LogP contribution in [-0.4, -0.2) is 5.78 Å². The van der Waals surface area contributed by atoms with Crippen molar-refractivity contribution in [3.8, 4) is 0 Å². The van der Waals surface area contributed by atoms with Gasteiger partial charge < -0.3 is 0 Å². The van der Waals surface area contributed by atoms with Crippen LogP contribution in [0.15, 0.2) is 16.8 Å². The lowest BCUT2D eigenvalue weighted by Gasteiger charge is -2.52. The van der Waals surface area contributed by atoms with Crippen molar-refractivity contribution in [2.24, 2.45) is 11.3 Å². The summed E-state index contributed by atoms with van der Waals surface area (Å²) in [4.78, 5) is 12.1. The largest absolute Gasteiger partial charge is 0.299 e. The molecule has 2 heteroatoms. The molecule has 1 fully saturated rings. The first-order valence-electron chi connectivity index (χ1n) is 5.73. The van der Waals surface area contributed by atoms with Crippen molar-refractivity contribution in [2.45, 2.75) is 39.5 Å². The van der Waals surface area contributed by atoms with Crippen molar-refractivity contribution in [3.63, 3.8) is 0 Å². The first kappa shape index (κ1) is 10.9. The molecule has 0 aromatic carbocycles. The standard InChI is InChI=1S/C13H18OS/c1-4-13(5-2)11(9(3)12(13)14)10-6-7-15-8-10/h6-9,11H,4-5H2,1-3H3. The van der Waals surface area contributed by atoms with Gasteiger partial charge in [-0.05, 0) is 35.2 Å². The molecule has 1 aliphatic rings. The number of carbonyl (C=O) groups is 1. The van der Waals surface area contributed by atoms with Crippen molar-refractivity contribution < 1.29 is 4.79 Å². The first-order chi connectivity index (χ1) is 7.17. The molecule has 1 aliphatic carbocycles. The zero-order valence-electron chi connectivity index (χ0n) is 9.62. The molecule has 0 bridgehead atoms. The van der Waals surface area contributed by atoms with Crippen LogP contribution < -0.4 is 0 Å². The molecule has 0 spiro atoms. The fourth-order valence-corrected chi connectivity index (χ4v) is 3.93. The van der Waals surface area contributed by atoms with Crippen molar-refractivity contribution in [3.05, 3.63) is 22.4 Å². The van der Waals surface area contributed by atoms with Crippen molar-refractivity contribution in [1.82, 2.24) is 0 Å². The van der Waals surface area contributed by atoms with Gasteiger partial charge in [0.05, 0.1) is 0 Å². The van der Waals surface area contributed by atoms with Gasteiger partial charge in [0.25, 0.3) is 0 Å². The molecular weight excluding hydrogens is 204 g/mol. The van der Waals surface area contributed by atoms with Crippen molar-refractivity contribution in [1.29, 1.82) is 0 Å². The van der Waals surface area contributed by atoms with E-state index in [9.17, 15) is 4.79 Å². The zero-order chi connectivity index (χ0) is 11.1. The fourth-order valence-electron chi connectivity index (χ4n) is 3.24. The Hall–Kier alpha value is -0.630. The summed E-state index contributed by atoms with van der Waals surface area (Å²) in [6, 6.07) is 2.18. The Bertz CT molecular complexity index is 349. The molecule has 2 atom stereocenters. The monoisotopic (exact) mass is 222 g/mol. The van der Waals surface area contributed by atoms with E-state index in [4.69, 9.17) is 0 Å². The van der Waals surface area contributed by atoms with Crippen LogP contribution >= 0.6 is 11.3 Å². The minimum Gasteiger partial charge on any atom is -0.299 e. The lowest BCUT2D eigenvalue weighted by molar-refractivity contribution is -0.150. The summed E-state index contributed by atoms with van der Waals surface area (Å²) in [5, 5.41) is 4.31. The molecule has 1 aromatic rings. The van der Waals surface area contributed by atoms with Crippen molar-refractivity contribution in [2.75, 3.05) is 0 Å². The Labute approximate surface area is 95.5 Å². The van der Waals surface area contributed by atoms with Crippen LogP contribution in [0.2, 0.25) is 0 Å². The maximum Gasteiger partial charge on any atom is 0.143 e. The van der Waals surface area contributed by atoms with E-state index < -0.39 is 0 Å². The Morgan fingerprint density at radius 2 is 2.07 bits per heavy atom. The number of hydrogen-bond donors (Lipinski definition) is 0. The molecular formula is C13H18OS. The molecule has 1 aromatic heterocycles. The number of Topliss-reactive ketones (excluding diaryl/α,β-unsaturated/α-hetero) is 1. The van der Waals surface area contributed by atoms with Gasteiger partial charge in [0.15, 0.2) is 0 Å². The summed E-state index contributed by atoms with van der Waals surface area (Å²) >= 11 is 1.73. The SMILES string of the molecule is CCC1(CC)C(=O)C(C)C1c1ccsc1. The summed E-state index contributed by atoms with van der Waals surface area (Å²) in [5.74, 6) is 1.16. The van der Waals surface area contributed by atoms with E-state index in [0.717, 1.165) is 12.8 Å². The van der Waals surface area contributed by atoms with Gasteiger partial charge in [0.1, 0.15) is 5.78 Å². The number of hydrogen-bond acceptors (Lipinski definition) is 2. The molecule has 1 nitrogen and oxygen atoms in total. The summed E-state index contributed by atoms with van der Waals surface area (Å²) in [5.41, 5.74) is 1.32. The summed E-state index contributed by atoms with van der Waals surface area (Å²) in [7, 11) is 0. The molecule has 2 rings (SSSR count). The molecule has 15 heavy (non-hydrogen) atoms. The normalized spacial score (nSPS) is 28.9. The van der Waals surface area contributed by atoms with E-state index in [1.54, 1.807) is 11.3 Å². The molecule has 2 unspecified atom stereocenters. The predicted molar refractivity (Wildman–Crippen MR) is 64.2 cm³/mol. The number of ketones is 1. The van der Waals surface area contributed by atoms with Crippen LogP contribution in [0.5, 0.6) is 0 Å². The molecule has 1 heterocycles.